The van der Waals surface area contributed by atoms with Gasteiger partial charge in [0.2, 0.25) is 5.91 Å². The van der Waals surface area contributed by atoms with Crippen LogP contribution in [0, 0.1) is 0 Å². The fraction of sp³-hybridized carbons (Fsp3) is 0.467. The van der Waals surface area contributed by atoms with Crippen LogP contribution in [0.5, 0.6) is 0 Å². The Labute approximate surface area is 113 Å². The number of ketones is 1. The van der Waals surface area contributed by atoms with Crippen LogP contribution in [0.3, 0.4) is 0 Å². The number of carbonyl (C=O) groups is 2. The molecule has 0 N–H and O–H groups in total. The Hall–Kier alpha value is -1.68. The van der Waals surface area contributed by atoms with Crippen LogP contribution in [0.1, 0.15) is 24.8 Å². The molecular formula is C15H18N2O2. The zero-order valence-corrected chi connectivity index (χ0v) is 11.0. The fourth-order valence-corrected chi connectivity index (χ4v) is 2.89. The Morgan fingerprint density at radius 1 is 1.05 bits per heavy atom. The number of benzene rings is 1. The van der Waals surface area contributed by atoms with Crippen molar-refractivity contribution in [1.29, 1.82) is 0 Å². The highest BCUT2D eigenvalue weighted by Gasteiger charge is 2.30. The molecule has 0 aromatic heterocycles. The normalized spacial score (nSPS) is 20.5. The average molecular weight is 258 g/mol. The number of rotatable bonds is 3. The molecule has 100 valence electrons. The second-order valence-corrected chi connectivity index (χ2v) is 5.31. The standard InChI is InChI=1S/C15H18N2O2/c18-13-9-15(19)17(11-13)14-6-2-1-5-12(14)10-16-7-3-4-8-16/h1-2,5-6H,3-4,7-11H2. The topological polar surface area (TPSA) is 40.6 Å². The lowest BCUT2D eigenvalue weighted by Gasteiger charge is -2.22. The Kier molecular flexibility index (Phi) is 3.34. The molecule has 0 spiro atoms. The van der Waals surface area contributed by atoms with Gasteiger partial charge >= 0.3 is 0 Å². The largest absolute Gasteiger partial charge is 0.304 e. The van der Waals surface area contributed by atoms with Crippen molar-refractivity contribution in [2.45, 2.75) is 25.8 Å². The molecule has 2 aliphatic rings. The molecule has 0 radical (unpaired) electrons. The number of para-hydroxylation sites is 1. The minimum absolute atomic E-state index is 0.0148. The molecule has 2 aliphatic heterocycles. The fourth-order valence-electron chi connectivity index (χ4n) is 2.89. The highest BCUT2D eigenvalue weighted by atomic mass is 16.2. The van der Waals surface area contributed by atoms with E-state index in [1.165, 1.54) is 12.8 Å². The molecular weight excluding hydrogens is 240 g/mol. The minimum atomic E-state index is -0.0705. The summed E-state index contributed by atoms with van der Waals surface area (Å²) in [5.74, 6) is -0.0557. The first kappa shape index (κ1) is 12.4. The number of Topliss-reactive ketones (excluding diaryl/α,β-unsaturated/α-hetero) is 1. The molecule has 19 heavy (non-hydrogen) atoms. The predicted molar refractivity (Wildman–Crippen MR) is 72.9 cm³/mol. The summed E-state index contributed by atoms with van der Waals surface area (Å²) in [6.07, 6.45) is 2.56. The van der Waals surface area contributed by atoms with Gasteiger partial charge in [0.05, 0.1) is 13.0 Å². The van der Waals surface area contributed by atoms with Crippen LogP contribution in [0.4, 0.5) is 5.69 Å². The molecule has 2 fully saturated rings. The van der Waals surface area contributed by atoms with Gasteiger partial charge in [0, 0.05) is 12.2 Å². The molecule has 4 nitrogen and oxygen atoms in total. The second-order valence-electron chi connectivity index (χ2n) is 5.31. The van der Waals surface area contributed by atoms with Gasteiger partial charge in [-0.3, -0.25) is 14.5 Å². The van der Waals surface area contributed by atoms with E-state index >= 15 is 0 Å². The molecule has 0 unspecified atom stereocenters. The molecule has 2 saturated heterocycles. The maximum absolute atomic E-state index is 11.9. The lowest BCUT2D eigenvalue weighted by atomic mass is 10.1. The monoisotopic (exact) mass is 258 g/mol. The summed E-state index contributed by atoms with van der Waals surface area (Å²) in [4.78, 5) is 27.3. The quantitative estimate of drug-likeness (QED) is 0.773. The van der Waals surface area contributed by atoms with Gasteiger partial charge in [-0.2, -0.15) is 0 Å². The molecule has 0 bridgehead atoms. The number of nitrogens with zero attached hydrogens (tertiary/aromatic N) is 2. The van der Waals surface area contributed by atoms with E-state index in [9.17, 15) is 9.59 Å². The third-order valence-corrected chi connectivity index (χ3v) is 3.86. The van der Waals surface area contributed by atoms with Crippen molar-refractivity contribution >= 4 is 17.4 Å². The van der Waals surface area contributed by atoms with E-state index in [1.807, 2.05) is 18.2 Å². The number of amides is 1. The van der Waals surface area contributed by atoms with Gasteiger partial charge in [0.15, 0.2) is 5.78 Å². The SMILES string of the molecule is O=C1CC(=O)N(c2ccccc2CN2CCCC2)C1. The first-order valence-corrected chi connectivity index (χ1v) is 6.86. The number of hydrogen-bond acceptors (Lipinski definition) is 3. The maximum Gasteiger partial charge on any atom is 0.234 e. The van der Waals surface area contributed by atoms with Crippen molar-refractivity contribution in [2.75, 3.05) is 24.5 Å². The average Bonchev–Trinajstić information content (AvgIpc) is 3.00. The van der Waals surface area contributed by atoms with Crippen molar-refractivity contribution in [3.05, 3.63) is 29.8 Å². The van der Waals surface area contributed by atoms with Gasteiger partial charge in [0.25, 0.3) is 0 Å². The van der Waals surface area contributed by atoms with Crippen LogP contribution >= 0.6 is 0 Å². The summed E-state index contributed by atoms with van der Waals surface area (Å²) in [6, 6.07) is 7.93. The Morgan fingerprint density at radius 2 is 1.79 bits per heavy atom. The maximum atomic E-state index is 11.9. The number of carbonyl (C=O) groups excluding carboxylic acids is 2. The number of hydrogen-bond donors (Lipinski definition) is 0. The molecule has 2 heterocycles. The lowest BCUT2D eigenvalue weighted by Crippen LogP contribution is -2.27. The highest BCUT2D eigenvalue weighted by Crippen LogP contribution is 2.26. The molecule has 4 heteroatoms. The third kappa shape index (κ3) is 2.54. The zero-order chi connectivity index (χ0) is 13.2. The Morgan fingerprint density at radius 3 is 2.47 bits per heavy atom. The van der Waals surface area contributed by atoms with Crippen molar-refractivity contribution in [2.24, 2.45) is 0 Å². The molecule has 3 rings (SSSR count). The van der Waals surface area contributed by atoms with E-state index in [2.05, 4.69) is 11.0 Å². The lowest BCUT2D eigenvalue weighted by molar-refractivity contribution is -0.121. The van der Waals surface area contributed by atoms with Gasteiger partial charge in [-0.1, -0.05) is 18.2 Å². The summed E-state index contributed by atoms with van der Waals surface area (Å²) in [7, 11) is 0. The van der Waals surface area contributed by atoms with Crippen LogP contribution in [-0.4, -0.2) is 36.2 Å². The van der Waals surface area contributed by atoms with Crippen molar-refractivity contribution in [3.63, 3.8) is 0 Å². The molecule has 1 aromatic carbocycles. The van der Waals surface area contributed by atoms with Gasteiger partial charge < -0.3 is 4.90 Å². The summed E-state index contributed by atoms with van der Waals surface area (Å²) in [6.45, 7) is 3.35. The zero-order valence-electron chi connectivity index (χ0n) is 11.0. The summed E-state index contributed by atoms with van der Waals surface area (Å²) < 4.78 is 0. The van der Waals surface area contributed by atoms with E-state index in [1.54, 1.807) is 4.90 Å². The van der Waals surface area contributed by atoms with Gasteiger partial charge in [-0.25, -0.2) is 0 Å². The highest BCUT2D eigenvalue weighted by molar-refractivity contribution is 6.15. The second kappa shape index (κ2) is 5.13. The predicted octanol–water partition coefficient (Wildman–Crippen LogP) is 1.59. The van der Waals surface area contributed by atoms with Crippen LogP contribution in [0.15, 0.2) is 24.3 Å². The van der Waals surface area contributed by atoms with Crippen LogP contribution < -0.4 is 4.90 Å². The molecule has 0 aliphatic carbocycles. The Bertz CT molecular complexity index is 507. The molecule has 1 amide bonds. The first-order valence-electron chi connectivity index (χ1n) is 6.86. The summed E-state index contributed by atoms with van der Waals surface area (Å²) >= 11 is 0. The van der Waals surface area contributed by atoms with E-state index in [4.69, 9.17) is 0 Å². The van der Waals surface area contributed by atoms with Crippen molar-refractivity contribution in [3.8, 4) is 0 Å². The molecule has 0 saturated carbocycles. The van der Waals surface area contributed by atoms with Gasteiger partial charge in [-0.05, 0) is 37.6 Å². The van der Waals surface area contributed by atoms with E-state index in [-0.39, 0.29) is 24.7 Å². The van der Waals surface area contributed by atoms with Crippen molar-refractivity contribution in [1.82, 2.24) is 4.90 Å². The van der Waals surface area contributed by atoms with Gasteiger partial charge in [0.1, 0.15) is 0 Å². The molecule has 1 aromatic rings. The van der Waals surface area contributed by atoms with Crippen molar-refractivity contribution < 1.29 is 9.59 Å². The summed E-state index contributed by atoms with van der Waals surface area (Å²) in [5, 5.41) is 0. The van der Waals surface area contributed by atoms with E-state index in [0.29, 0.717) is 0 Å². The minimum Gasteiger partial charge on any atom is -0.304 e. The van der Waals surface area contributed by atoms with Crippen LogP contribution in [0.2, 0.25) is 0 Å². The Balaban J connectivity index is 1.84. The van der Waals surface area contributed by atoms with E-state index < -0.39 is 0 Å². The smallest absolute Gasteiger partial charge is 0.234 e. The summed E-state index contributed by atoms with van der Waals surface area (Å²) in [5.41, 5.74) is 2.05. The number of likely N-dealkylation sites (tertiary alicyclic amines) is 1. The molecule has 0 atom stereocenters. The van der Waals surface area contributed by atoms with Crippen LogP contribution in [0.25, 0.3) is 0 Å². The number of anilines is 1. The van der Waals surface area contributed by atoms with Gasteiger partial charge in [-0.15, -0.1) is 0 Å². The van der Waals surface area contributed by atoms with E-state index in [0.717, 1.165) is 30.9 Å². The third-order valence-electron chi connectivity index (χ3n) is 3.86. The first-order chi connectivity index (χ1) is 9.24. The van der Waals surface area contributed by atoms with Crippen LogP contribution in [-0.2, 0) is 16.1 Å².